The second-order valence-electron chi connectivity index (χ2n) is 20.9. The van der Waals surface area contributed by atoms with Crippen LogP contribution in [0.25, 0.3) is 186 Å². The van der Waals surface area contributed by atoms with Gasteiger partial charge in [0.15, 0.2) is 0 Å². The van der Waals surface area contributed by atoms with Crippen molar-refractivity contribution in [3.05, 3.63) is 313 Å². The molecule has 0 spiro atoms. The summed E-state index contributed by atoms with van der Waals surface area (Å²) in [4.78, 5) is 0. The number of fused-ring (bicyclic) bond motifs is 18. The van der Waals surface area contributed by atoms with Crippen molar-refractivity contribution in [2.45, 2.75) is 19.2 Å². The lowest BCUT2D eigenvalue weighted by Crippen LogP contribution is -2.14. The number of benzene rings is 17. The molecule has 0 aliphatic heterocycles. The molecule has 17 aromatic carbocycles. The van der Waals surface area contributed by atoms with Gasteiger partial charge in [0, 0.05) is 31.1 Å². The minimum atomic E-state index is -3.30. The molecule has 1 aliphatic rings. The Morgan fingerprint density at radius 1 is 0.253 bits per heavy atom. The summed E-state index contributed by atoms with van der Waals surface area (Å²) in [7, 11) is 0. The van der Waals surface area contributed by atoms with Crippen LogP contribution in [0.4, 0.5) is 0 Å². The van der Waals surface area contributed by atoms with Gasteiger partial charge in [-0.3, -0.25) is 0 Å². The van der Waals surface area contributed by atoms with Crippen LogP contribution < -0.4 is 0 Å². The highest BCUT2D eigenvalue weighted by Gasteiger charge is 2.36. The zero-order chi connectivity index (χ0) is 106. The average molecular weight is 1210 g/mol. The lowest BCUT2D eigenvalue weighted by atomic mass is 9.80. The van der Waals surface area contributed by atoms with E-state index >= 15 is 0 Å². The minimum Gasteiger partial charge on any atom is -0.456 e. The summed E-state index contributed by atoms with van der Waals surface area (Å²) in [5.74, 6) is 0. The van der Waals surface area contributed by atoms with Crippen LogP contribution >= 0.6 is 0 Å². The Kier molecular flexibility index (Phi) is 4.68. The summed E-state index contributed by atoms with van der Waals surface area (Å²) in [6, 6.07) is -44.5. The first kappa shape index (κ1) is 21.6. The van der Waals surface area contributed by atoms with Gasteiger partial charge in [0.1, 0.15) is 22.3 Å². The number of hydrogen-bond donors (Lipinski definition) is 0. The van der Waals surface area contributed by atoms with E-state index in [0.29, 0.717) is 0 Å². The first-order chi connectivity index (χ1) is 67.0. The van der Waals surface area contributed by atoms with Crippen molar-refractivity contribution in [3.63, 3.8) is 0 Å². The van der Waals surface area contributed by atoms with Gasteiger partial charge in [-0.05, 0) is 195 Å². The highest BCUT2D eigenvalue weighted by atomic mass is 16.3. The van der Waals surface area contributed by atoms with E-state index in [0.717, 1.165) is 6.92 Å². The number of rotatable bonds is 4. The van der Waals surface area contributed by atoms with Gasteiger partial charge in [0.25, 0.3) is 0 Å². The maximum absolute atomic E-state index is 9.97. The lowest BCUT2D eigenvalue weighted by Gasteiger charge is -2.23. The van der Waals surface area contributed by atoms with E-state index < -0.39 is 511 Å². The Morgan fingerprint density at radius 2 is 0.637 bits per heavy atom. The molecule has 0 bridgehead atoms. The topological polar surface area (TPSA) is 26.3 Å². The smallest absolute Gasteiger partial charge is 0.136 e. The molecule has 2 heterocycles. The molecule has 0 fully saturated rings. The summed E-state index contributed by atoms with van der Waals surface area (Å²) in [5.41, 5.74) is -13.0. The third-order valence-corrected chi connectivity index (χ3v) is 16.0. The maximum atomic E-state index is 9.97. The molecule has 0 radical (unpaired) electrons. The summed E-state index contributed by atoms with van der Waals surface area (Å²) < 4.78 is 492. The first-order valence-corrected chi connectivity index (χ1v) is 27.3. The minimum absolute atomic E-state index is 0.472. The molecule has 0 saturated heterocycles. The molecule has 1 unspecified atom stereocenters. The fourth-order valence-electron chi connectivity index (χ4n) is 12.2. The molecule has 424 valence electrons. The van der Waals surface area contributed by atoms with Crippen LogP contribution in [0, 0.1) is 0 Å². The van der Waals surface area contributed by atoms with Crippen LogP contribution in [-0.4, -0.2) is 0 Å². The summed E-state index contributed by atoms with van der Waals surface area (Å²) in [6.45, 7) is -2.25. The predicted octanol–water partition coefficient (Wildman–Crippen LogP) is 25.4. The van der Waals surface area contributed by atoms with Gasteiger partial charge < -0.3 is 8.83 Å². The quantitative estimate of drug-likeness (QED) is 0.130. The van der Waals surface area contributed by atoms with Crippen LogP contribution in [0.3, 0.4) is 0 Å². The molecule has 20 rings (SSSR count). The highest BCUT2D eigenvalue weighted by Crippen LogP contribution is 2.53. The highest BCUT2D eigenvalue weighted by molar-refractivity contribution is 6.29. The molecule has 19 aromatic rings. The number of furan rings is 2. The van der Waals surface area contributed by atoms with Crippen molar-refractivity contribution in [2.24, 2.45) is 0 Å². The Labute approximate surface area is 599 Å². The molecular weight excluding hydrogens is 1100 g/mol. The van der Waals surface area contributed by atoms with Crippen LogP contribution in [0.5, 0.6) is 0 Å². The van der Waals surface area contributed by atoms with Crippen molar-refractivity contribution in [1.82, 2.24) is 0 Å². The molecular formula is C89H56O2. The van der Waals surface area contributed by atoms with Gasteiger partial charge in [0.05, 0.1) is 68.5 Å². The predicted molar refractivity (Wildman–Crippen MR) is 387 cm³/mol. The monoisotopic (exact) mass is 1210 g/mol. The van der Waals surface area contributed by atoms with Crippen LogP contribution in [0.2, 0.25) is 0 Å². The summed E-state index contributed by atoms with van der Waals surface area (Å²) >= 11 is 0. The van der Waals surface area contributed by atoms with Gasteiger partial charge in [-0.25, -0.2) is 0 Å². The standard InChI is InChI=1S/C45H30O.C44H26O/c1-45(2)38-20-10-9-14-30(38)31-23-22-29(25-39(31)45)42-32-15-5-7-17-34(32)43(35-18-8-6-16-33(35)42)36-19-11-21-40-44(36)37-24-27-12-3-4-13-28(27)26-41(37)46-40;1-2-13-29-26-41-39(25-28(29)12-1)44-38(21-10-22-40(44)45-41)43-36-17-7-5-15-34(36)42(35-16-6-8-18-37(35)43)33-20-9-19-31-30-14-4-3-11-27(30)23-24-32(31)33/h3-26H,1-2H3;1-26H/i1D3,3D,4D,5D,6D,7D,8D,9D,10D,11D,12D,13D,14D,15D,16D,17D,18D,19D,20D,21D,22D,23D,24D,25D,26D;1D,2D,3D,4D,5D,6D,7D,8D,9D,10D,11D,12D,13D,14D,15D,16D,17D,18D,19D,20D,21D,22D,23D,24D,25D,26D. The van der Waals surface area contributed by atoms with Crippen molar-refractivity contribution >= 4 is 130 Å². The number of hydrogen-bond acceptors (Lipinski definition) is 2. The van der Waals surface area contributed by atoms with Crippen molar-refractivity contribution < 1.29 is 81.5 Å². The fourth-order valence-corrected chi connectivity index (χ4v) is 12.2. The third kappa shape index (κ3) is 7.67. The van der Waals surface area contributed by atoms with E-state index in [4.69, 9.17) is 55.4 Å². The van der Waals surface area contributed by atoms with E-state index in [9.17, 15) is 26.0 Å². The molecule has 0 N–H and O–H groups in total. The molecule has 2 nitrogen and oxygen atoms in total. The molecule has 2 heteroatoms. The summed E-state index contributed by atoms with van der Waals surface area (Å²) in [6.07, 6.45) is 0. The molecule has 91 heavy (non-hydrogen) atoms. The second kappa shape index (κ2) is 19.7. The van der Waals surface area contributed by atoms with E-state index in [-0.39, 0.29) is 0 Å². The molecule has 1 aliphatic carbocycles. The van der Waals surface area contributed by atoms with Crippen LogP contribution in [-0.2, 0) is 5.41 Å². The van der Waals surface area contributed by atoms with E-state index in [2.05, 4.69) is 0 Å². The normalized spacial score (nSPS) is 22.2. The van der Waals surface area contributed by atoms with Gasteiger partial charge in [0.2, 0.25) is 0 Å². The van der Waals surface area contributed by atoms with Crippen molar-refractivity contribution in [2.75, 3.05) is 0 Å². The van der Waals surface area contributed by atoms with Crippen LogP contribution in [0.15, 0.2) is 311 Å². The molecule has 1 atom stereocenters. The largest absolute Gasteiger partial charge is 0.456 e. The van der Waals surface area contributed by atoms with Crippen molar-refractivity contribution in [1.29, 1.82) is 0 Å². The lowest BCUT2D eigenvalue weighted by molar-refractivity contribution is 0.660. The van der Waals surface area contributed by atoms with Gasteiger partial charge in [-0.15, -0.1) is 0 Å². The Hall–Kier alpha value is -11.6. The van der Waals surface area contributed by atoms with E-state index in [1.807, 2.05) is 0 Å². The zero-order valence-electron chi connectivity index (χ0n) is 98.8. The Morgan fingerprint density at radius 3 is 1.15 bits per heavy atom. The van der Waals surface area contributed by atoms with Gasteiger partial charge in [-0.1, -0.05) is 274 Å². The average Bonchev–Trinajstić information content (AvgIpc) is 1.53. The van der Waals surface area contributed by atoms with Gasteiger partial charge >= 0.3 is 0 Å². The molecule has 0 amide bonds. The first-order valence-electron chi connectivity index (χ1n) is 53.8. The zero-order valence-corrected chi connectivity index (χ0v) is 45.8. The third-order valence-electron chi connectivity index (χ3n) is 16.0. The van der Waals surface area contributed by atoms with E-state index in [1.165, 1.54) is 0 Å². The van der Waals surface area contributed by atoms with Crippen LogP contribution in [0.1, 0.15) is 97.6 Å². The molecule has 0 saturated carbocycles. The second-order valence-corrected chi connectivity index (χ2v) is 20.9. The Bertz CT molecular complexity index is 9400. The molecule has 2 aromatic heterocycles. The Balaban J connectivity index is 0.000000182. The summed E-state index contributed by atoms with van der Waals surface area (Å²) in [5, 5.41) is -12.1. The maximum Gasteiger partial charge on any atom is 0.136 e. The fraction of sp³-hybridized carbons (Fsp3) is 0.0337. The SMILES string of the molecule is [2H]c1c([2H])c(-c2c3c([2H])c([2H])c([2H])c([2H])c3c(-c3c([2H])c([2H])c([2H])c4c3c([2H])c([2H])c3c([2H])c([2H])c([2H])c([2H])c34)c3c([2H])c([2H])c([2H])c([2H])c23)c2c(oc3c([2H])c4c([2H])c([2H])c([2H])c([2H])c4c([2H])c32)c1[2H].[2H]c1c([2H])c([2H])c2c(c1[2H])-c1c([2H])c([2H])c(-c3c4c([2H])c([2H])c([2H])c([2H])c4c(-c4c([2H])c([2H])c([2H])c5oc6c([2H])c7c([2H])c([2H])c([2H])c([2H])c7c([2H])c6c45)c4c([2H])c([2H])c([2H])c([2H])c34)c([2H])c1C2(C)C([2H])([2H])[2H]. The van der Waals surface area contributed by atoms with Gasteiger partial charge in [-0.2, -0.15) is 0 Å². The van der Waals surface area contributed by atoms with Crippen molar-refractivity contribution in [3.8, 4) is 55.6 Å². The van der Waals surface area contributed by atoms with E-state index in [1.54, 1.807) is 0 Å².